The molecule has 2 aliphatic heterocycles. The van der Waals surface area contributed by atoms with Crippen molar-refractivity contribution in [1.82, 2.24) is 14.4 Å². The predicted octanol–water partition coefficient (Wildman–Crippen LogP) is 2.70. The van der Waals surface area contributed by atoms with Gasteiger partial charge in [0.2, 0.25) is 15.9 Å². The Hall–Kier alpha value is -2.17. The normalized spacial score (nSPS) is 20.2. The van der Waals surface area contributed by atoms with Gasteiger partial charge in [0.15, 0.2) is 12.4 Å². The van der Waals surface area contributed by atoms with Crippen molar-refractivity contribution in [2.45, 2.75) is 49.5 Å². The highest BCUT2D eigenvalue weighted by Gasteiger charge is 2.34. The van der Waals surface area contributed by atoms with Crippen LogP contribution in [0, 0.1) is 0 Å². The topological polar surface area (TPSA) is 106 Å². The molecule has 1 saturated heterocycles. The molecule has 1 aliphatic carbocycles. The van der Waals surface area contributed by atoms with Gasteiger partial charge < -0.3 is 9.26 Å². The molecular formula is C19H21ClN4O5S. The minimum Gasteiger partial charge on any atom is -0.482 e. The first-order chi connectivity index (χ1) is 14.4. The van der Waals surface area contributed by atoms with E-state index in [9.17, 15) is 13.2 Å². The van der Waals surface area contributed by atoms with E-state index >= 15 is 0 Å². The number of fused-ring (bicyclic) bond motifs is 1. The second kappa shape index (κ2) is 7.51. The number of ether oxygens (including phenoxy) is 1. The maximum Gasteiger partial charge on any atom is 0.265 e. The Morgan fingerprint density at radius 3 is 2.67 bits per heavy atom. The first-order valence-corrected chi connectivity index (χ1v) is 11.8. The molecule has 5 rings (SSSR count). The summed E-state index contributed by atoms with van der Waals surface area (Å²) in [6.07, 6.45) is 4.74. The van der Waals surface area contributed by atoms with E-state index in [0.717, 1.165) is 32.1 Å². The lowest BCUT2D eigenvalue weighted by Crippen LogP contribution is -2.39. The lowest BCUT2D eigenvalue weighted by molar-refractivity contribution is -0.121. The molecule has 1 saturated carbocycles. The quantitative estimate of drug-likeness (QED) is 0.686. The molecule has 0 unspecified atom stereocenters. The van der Waals surface area contributed by atoms with Gasteiger partial charge in [0, 0.05) is 25.1 Å². The number of rotatable bonds is 5. The van der Waals surface area contributed by atoms with Gasteiger partial charge in [0.1, 0.15) is 10.6 Å². The highest BCUT2D eigenvalue weighted by molar-refractivity contribution is 7.89. The van der Waals surface area contributed by atoms with Crippen LogP contribution < -0.4 is 9.64 Å². The van der Waals surface area contributed by atoms with Crippen molar-refractivity contribution in [3.05, 3.63) is 28.9 Å². The fourth-order valence-electron chi connectivity index (χ4n) is 3.79. The van der Waals surface area contributed by atoms with E-state index in [0.29, 0.717) is 42.2 Å². The van der Waals surface area contributed by atoms with Crippen LogP contribution in [0.15, 0.2) is 21.6 Å². The molecule has 160 valence electrons. The number of anilines is 1. The fraction of sp³-hybridized carbons (Fsp3) is 0.526. The van der Waals surface area contributed by atoms with Crippen LogP contribution >= 0.6 is 11.6 Å². The summed E-state index contributed by atoms with van der Waals surface area (Å²) in [6.45, 7) is 0.843. The average molecular weight is 453 g/mol. The van der Waals surface area contributed by atoms with Crippen molar-refractivity contribution in [1.29, 1.82) is 0 Å². The minimum absolute atomic E-state index is 0.00491. The van der Waals surface area contributed by atoms with Crippen LogP contribution in [-0.4, -0.2) is 48.5 Å². The van der Waals surface area contributed by atoms with Crippen molar-refractivity contribution >= 4 is 33.2 Å². The Morgan fingerprint density at radius 2 is 1.93 bits per heavy atom. The van der Waals surface area contributed by atoms with Crippen molar-refractivity contribution < 1.29 is 22.5 Å². The molecule has 9 nitrogen and oxygen atoms in total. The third-order valence-corrected chi connectivity index (χ3v) is 7.96. The van der Waals surface area contributed by atoms with Crippen LogP contribution in [0.3, 0.4) is 0 Å². The number of carbonyl (C=O) groups excluding carboxylic acids is 1. The number of benzene rings is 1. The first kappa shape index (κ1) is 19.8. The highest BCUT2D eigenvalue weighted by Crippen LogP contribution is 2.41. The van der Waals surface area contributed by atoms with E-state index in [1.807, 2.05) is 0 Å². The molecule has 0 bridgehead atoms. The molecule has 3 aliphatic rings. The van der Waals surface area contributed by atoms with Crippen molar-refractivity contribution in [2.24, 2.45) is 0 Å². The van der Waals surface area contributed by atoms with E-state index in [-0.39, 0.29) is 29.0 Å². The zero-order valence-corrected chi connectivity index (χ0v) is 17.8. The number of sulfonamides is 1. The second-order valence-electron chi connectivity index (χ2n) is 7.81. The third kappa shape index (κ3) is 3.57. The SMILES string of the molecule is O=C1COc2cc(S(=O)(=O)N3CCCCC3)c(Cl)cc2N1Cc1noc(C2CC2)n1. The van der Waals surface area contributed by atoms with Crippen LogP contribution in [0.4, 0.5) is 5.69 Å². The zero-order valence-electron chi connectivity index (χ0n) is 16.2. The van der Waals surface area contributed by atoms with E-state index < -0.39 is 10.0 Å². The molecule has 1 aromatic carbocycles. The molecule has 0 spiro atoms. The number of amides is 1. The predicted molar refractivity (Wildman–Crippen MR) is 107 cm³/mol. The van der Waals surface area contributed by atoms with Crippen LogP contribution in [0.1, 0.15) is 49.7 Å². The van der Waals surface area contributed by atoms with Crippen molar-refractivity contribution in [2.75, 3.05) is 24.6 Å². The van der Waals surface area contributed by atoms with Crippen molar-refractivity contribution in [3.8, 4) is 5.75 Å². The van der Waals surface area contributed by atoms with Gasteiger partial charge in [-0.25, -0.2) is 8.42 Å². The van der Waals surface area contributed by atoms with Crippen LogP contribution in [0.2, 0.25) is 5.02 Å². The van der Waals surface area contributed by atoms with Gasteiger partial charge in [-0.2, -0.15) is 9.29 Å². The summed E-state index contributed by atoms with van der Waals surface area (Å²) in [6, 6.07) is 2.87. The van der Waals surface area contributed by atoms with Gasteiger partial charge in [0.05, 0.1) is 17.3 Å². The molecule has 0 N–H and O–H groups in total. The van der Waals surface area contributed by atoms with Crippen LogP contribution in [0.25, 0.3) is 0 Å². The molecule has 0 atom stereocenters. The van der Waals surface area contributed by atoms with Gasteiger partial charge in [-0.1, -0.05) is 23.2 Å². The Balaban J connectivity index is 1.46. The molecule has 1 amide bonds. The average Bonchev–Trinajstić information content (AvgIpc) is 3.49. The van der Waals surface area contributed by atoms with Gasteiger partial charge in [0.25, 0.3) is 5.91 Å². The smallest absolute Gasteiger partial charge is 0.265 e. The second-order valence-corrected chi connectivity index (χ2v) is 10.1. The fourth-order valence-corrected chi connectivity index (χ4v) is 5.82. The molecule has 30 heavy (non-hydrogen) atoms. The summed E-state index contributed by atoms with van der Waals surface area (Å²) in [4.78, 5) is 18.3. The number of piperidine rings is 1. The maximum absolute atomic E-state index is 13.1. The number of carbonyl (C=O) groups is 1. The van der Waals surface area contributed by atoms with Crippen LogP contribution in [-0.2, 0) is 21.4 Å². The summed E-state index contributed by atoms with van der Waals surface area (Å²) < 4.78 is 38.4. The molecule has 3 heterocycles. The summed E-state index contributed by atoms with van der Waals surface area (Å²) in [5.74, 6) is 1.30. The van der Waals surface area contributed by atoms with Gasteiger partial charge in [-0.05, 0) is 31.7 Å². The summed E-state index contributed by atoms with van der Waals surface area (Å²) >= 11 is 6.39. The number of halogens is 1. The van der Waals surface area contributed by atoms with Gasteiger partial charge >= 0.3 is 0 Å². The minimum atomic E-state index is -3.74. The molecule has 2 aromatic rings. The number of hydrogen-bond donors (Lipinski definition) is 0. The Kier molecular flexibility index (Phi) is 4.95. The summed E-state index contributed by atoms with van der Waals surface area (Å²) in [7, 11) is -3.74. The standard InChI is InChI=1S/C19H21ClN4O5S/c20-13-8-14-15(9-16(13)30(26,27)23-6-2-1-3-7-23)28-11-18(25)24(14)10-17-21-19(29-22-17)12-4-5-12/h8-9,12H,1-7,10-11H2. The molecule has 11 heteroatoms. The Labute approximate surface area is 179 Å². The van der Waals surface area contributed by atoms with E-state index in [1.165, 1.54) is 21.3 Å². The molecule has 1 aromatic heterocycles. The maximum atomic E-state index is 13.1. The third-order valence-electron chi connectivity index (χ3n) is 5.60. The van der Waals surface area contributed by atoms with Crippen LogP contribution in [0.5, 0.6) is 5.75 Å². The molecular weight excluding hydrogens is 432 g/mol. The number of nitrogens with zero attached hydrogens (tertiary/aromatic N) is 4. The summed E-state index contributed by atoms with van der Waals surface area (Å²) in [5, 5.41) is 4.01. The first-order valence-electron chi connectivity index (χ1n) is 10.0. The van der Waals surface area contributed by atoms with Gasteiger partial charge in [-0.3, -0.25) is 9.69 Å². The number of hydrogen-bond acceptors (Lipinski definition) is 7. The molecule has 0 radical (unpaired) electrons. The van der Waals surface area contributed by atoms with Gasteiger partial charge in [-0.15, -0.1) is 0 Å². The molecule has 2 fully saturated rings. The monoisotopic (exact) mass is 452 g/mol. The van der Waals surface area contributed by atoms with E-state index in [1.54, 1.807) is 0 Å². The van der Waals surface area contributed by atoms with E-state index in [2.05, 4.69) is 10.1 Å². The zero-order chi connectivity index (χ0) is 20.9. The van der Waals surface area contributed by atoms with E-state index in [4.69, 9.17) is 20.9 Å². The Morgan fingerprint density at radius 1 is 1.17 bits per heavy atom. The lowest BCUT2D eigenvalue weighted by atomic mass is 10.2. The largest absolute Gasteiger partial charge is 0.482 e. The highest BCUT2D eigenvalue weighted by atomic mass is 35.5. The van der Waals surface area contributed by atoms with Crippen molar-refractivity contribution in [3.63, 3.8) is 0 Å². The lowest BCUT2D eigenvalue weighted by Gasteiger charge is -2.30. The number of aromatic nitrogens is 2. The summed E-state index contributed by atoms with van der Waals surface area (Å²) in [5.41, 5.74) is 0.395. The Bertz CT molecular complexity index is 1090.